The highest BCUT2D eigenvalue weighted by Crippen LogP contribution is 2.19. The molecule has 1 aliphatic heterocycles. The lowest BCUT2D eigenvalue weighted by Crippen LogP contribution is -2.42. The first-order valence-corrected chi connectivity index (χ1v) is 5.66. The van der Waals surface area contributed by atoms with Crippen molar-refractivity contribution in [2.75, 3.05) is 24.5 Å². The summed E-state index contributed by atoms with van der Waals surface area (Å²) in [5, 5.41) is 2.63. The molecule has 17 heavy (non-hydrogen) atoms. The molecule has 2 rings (SSSR count). The second-order valence-corrected chi connectivity index (χ2v) is 3.76. The predicted octanol–water partition coefficient (Wildman–Crippen LogP) is 1.66. The smallest absolute Gasteiger partial charge is 0.332 e. The van der Waals surface area contributed by atoms with Gasteiger partial charge in [0.25, 0.3) is 0 Å². The molecular formula is C12H15N3O2. The Kier molecular flexibility index (Phi) is 3.27. The number of amides is 4. The van der Waals surface area contributed by atoms with Crippen molar-refractivity contribution in [2.45, 2.75) is 6.92 Å². The van der Waals surface area contributed by atoms with Crippen LogP contribution in [-0.2, 0) is 0 Å². The Hall–Kier alpha value is -2.04. The summed E-state index contributed by atoms with van der Waals surface area (Å²) in [7, 11) is 0. The standard InChI is InChI=1S/C12H15N3O2/c1-2-13-11(16)15-9-8-14(12(15)17)10-6-4-3-5-7-10/h3-7H,2,8-9H2,1H3,(H,13,16). The van der Waals surface area contributed by atoms with E-state index in [1.165, 1.54) is 4.90 Å². The van der Waals surface area contributed by atoms with E-state index in [2.05, 4.69) is 5.32 Å². The lowest BCUT2D eigenvalue weighted by atomic mass is 10.3. The predicted molar refractivity (Wildman–Crippen MR) is 65.0 cm³/mol. The number of nitrogens with zero attached hydrogens (tertiary/aromatic N) is 2. The van der Waals surface area contributed by atoms with Gasteiger partial charge in [-0.1, -0.05) is 18.2 Å². The van der Waals surface area contributed by atoms with Gasteiger partial charge in [0, 0.05) is 18.8 Å². The highest BCUT2D eigenvalue weighted by Gasteiger charge is 2.33. The fourth-order valence-electron chi connectivity index (χ4n) is 1.82. The first-order valence-electron chi connectivity index (χ1n) is 5.66. The highest BCUT2D eigenvalue weighted by molar-refractivity contribution is 6.04. The number of benzene rings is 1. The summed E-state index contributed by atoms with van der Waals surface area (Å²) in [6.45, 7) is 3.32. The van der Waals surface area contributed by atoms with E-state index in [0.717, 1.165) is 5.69 Å². The number of urea groups is 2. The third-order valence-electron chi connectivity index (χ3n) is 2.65. The Labute approximate surface area is 100 Å². The van der Waals surface area contributed by atoms with Gasteiger partial charge in [0.2, 0.25) is 0 Å². The van der Waals surface area contributed by atoms with Crippen LogP contribution in [0.1, 0.15) is 6.92 Å². The maximum atomic E-state index is 12.0. The Bertz CT molecular complexity index is 419. The highest BCUT2D eigenvalue weighted by atomic mass is 16.2. The molecule has 0 bridgehead atoms. The number of hydrogen-bond donors (Lipinski definition) is 1. The third-order valence-corrected chi connectivity index (χ3v) is 2.65. The number of nitrogens with one attached hydrogen (secondary N) is 1. The second kappa shape index (κ2) is 4.86. The van der Waals surface area contributed by atoms with Crippen molar-refractivity contribution in [3.63, 3.8) is 0 Å². The maximum absolute atomic E-state index is 12.0. The van der Waals surface area contributed by atoms with E-state index >= 15 is 0 Å². The summed E-state index contributed by atoms with van der Waals surface area (Å²) in [5.41, 5.74) is 0.823. The van der Waals surface area contributed by atoms with Crippen LogP contribution in [0.15, 0.2) is 30.3 Å². The number of anilines is 1. The normalized spacial score (nSPS) is 15.2. The van der Waals surface area contributed by atoms with Crippen molar-refractivity contribution in [1.82, 2.24) is 10.2 Å². The van der Waals surface area contributed by atoms with E-state index in [-0.39, 0.29) is 12.1 Å². The molecule has 1 heterocycles. The molecule has 1 N–H and O–H groups in total. The van der Waals surface area contributed by atoms with E-state index in [9.17, 15) is 9.59 Å². The molecule has 0 aromatic heterocycles. The van der Waals surface area contributed by atoms with Gasteiger partial charge in [-0.25, -0.2) is 14.5 Å². The van der Waals surface area contributed by atoms with Gasteiger partial charge in [-0.15, -0.1) is 0 Å². The number of carbonyl (C=O) groups is 2. The largest absolute Gasteiger partial charge is 0.338 e. The third kappa shape index (κ3) is 2.22. The van der Waals surface area contributed by atoms with Crippen LogP contribution in [0, 0.1) is 0 Å². The number of para-hydroxylation sites is 1. The fraction of sp³-hybridized carbons (Fsp3) is 0.333. The van der Waals surface area contributed by atoms with Crippen LogP contribution in [0.5, 0.6) is 0 Å². The fourth-order valence-corrected chi connectivity index (χ4v) is 1.82. The molecule has 0 saturated carbocycles. The van der Waals surface area contributed by atoms with Gasteiger partial charge in [0.05, 0.1) is 6.54 Å². The zero-order valence-corrected chi connectivity index (χ0v) is 9.72. The van der Waals surface area contributed by atoms with Crippen molar-refractivity contribution in [1.29, 1.82) is 0 Å². The van der Waals surface area contributed by atoms with E-state index in [1.54, 1.807) is 4.90 Å². The molecule has 0 atom stereocenters. The first-order chi connectivity index (χ1) is 8.24. The Morgan fingerprint density at radius 2 is 2.00 bits per heavy atom. The van der Waals surface area contributed by atoms with Gasteiger partial charge >= 0.3 is 12.1 Å². The monoisotopic (exact) mass is 233 g/mol. The number of rotatable bonds is 2. The van der Waals surface area contributed by atoms with Gasteiger partial charge < -0.3 is 5.32 Å². The average Bonchev–Trinajstić information content (AvgIpc) is 2.72. The summed E-state index contributed by atoms with van der Waals surface area (Å²) in [6, 6.07) is 8.77. The summed E-state index contributed by atoms with van der Waals surface area (Å²) in [4.78, 5) is 26.5. The molecular weight excluding hydrogens is 218 g/mol. The lowest BCUT2D eigenvalue weighted by molar-refractivity contribution is 0.200. The summed E-state index contributed by atoms with van der Waals surface area (Å²) in [5.74, 6) is 0. The summed E-state index contributed by atoms with van der Waals surface area (Å²) < 4.78 is 0. The molecule has 1 fully saturated rings. The molecule has 0 spiro atoms. The molecule has 5 heteroatoms. The van der Waals surface area contributed by atoms with Crippen molar-refractivity contribution in [3.05, 3.63) is 30.3 Å². The van der Waals surface area contributed by atoms with E-state index in [1.807, 2.05) is 37.3 Å². The zero-order chi connectivity index (χ0) is 12.3. The Morgan fingerprint density at radius 1 is 1.29 bits per heavy atom. The minimum atomic E-state index is -0.323. The molecule has 90 valence electrons. The molecule has 1 aromatic rings. The van der Waals surface area contributed by atoms with E-state index < -0.39 is 0 Å². The SMILES string of the molecule is CCNC(=O)N1CCN(c2ccccc2)C1=O. The topological polar surface area (TPSA) is 52.7 Å². The summed E-state index contributed by atoms with van der Waals surface area (Å²) in [6.07, 6.45) is 0. The van der Waals surface area contributed by atoms with Crippen LogP contribution in [0.3, 0.4) is 0 Å². The van der Waals surface area contributed by atoms with Crippen LogP contribution in [0.2, 0.25) is 0 Å². The molecule has 1 aliphatic rings. The van der Waals surface area contributed by atoms with E-state index in [4.69, 9.17) is 0 Å². The van der Waals surface area contributed by atoms with Crippen molar-refractivity contribution < 1.29 is 9.59 Å². The molecule has 1 saturated heterocycles. The minimum Gasteiger partial charge on any atom is -0.338 e. The average molecular weight is 233 g/mol. The Morgan fingerprint density at radius 3 is 2.65 bits per heavy atom. The maximum Gasteiger partial charge on any atom is 0.332 e. The quantitative estimate of drug-likeness (QED) is 0.844. The number of carbonyl (C=O) groups excluding carboxylic acids is 2. The van der Waals surface area contributed by atoms with Gasteiger partial charge in [-0.3, -0.25) is 4.90 Å². The zero-order valence-electron chi connectivity index (χ0n) is 9.72. The molecule has 4 amide bonds. The first kappa shape index (κ1) is 11.4. The van der Waals surface area contributed by atoms with Crippen LogP contribution in [0.25, 0.3) is 0 Å². The van der Waals surface area contributed by atoms with Gasteiger partial charge in [-0.2, -0.15) is 0 Å². The molecule has 1 aromatic carbocycles. The molecule has 5 nitrogen and oxygen atoms in total. The second-order valence-electron chi connectivity index (χ2n) is 3.76. The number of imide groups is 1. The molecule has 0 aliphatic carbocycles. The molecule has 0 unspecified atom stereocenters. The van der Waals surface area contributed by atoms with Crippen LogP contribution >= 0.6 is 0 Å². The molecule has 0 radical (unpaired) electrons. The van der Waals surface area contributed by atoms with Crippen molar-refractivity contribution in [2.24, 2.45) is 0 Å². The number of hydrogen-bond acceptors (Lipinski definition) is 2. The van der Waals surface area contributed by atoms with Crippen molar-refractivity contribution in [3.8, 4) is 0 Å². The van der Waals surface area contributed by atoms with Gasteiger partial charge in [0.1, 0.15) is 0 Å². The summed E-state index contributed by atoms with van der Waals surface area (Å²) >= 11 is 0. The van der Waals surface area contributed by atoms with E-state index in [0.29, 0.717) is 19.6 Å². The van der Waals surface area contributed by atoms with Crippen LogP contribution in [0.4, 0.5) is 15.3 Å². The van der Waals surface area contributed by atoms with Gasteiger partial charge in [-0.05, 0) is 19.1 Å². The van der Waals surface area contributed by atoms with Crippen LogP contribution < -0.4 is 10.2 Å². The van der Waals surface area contributed by atoms with Crippen LogP contribution in [-0.4, -0.2) is 36.6 Å². The minimum absolute atomic E-state index is 0.262. The lowest BCUT2D eigenvalue weighted by Gasteiger charge is -2.17. The van der Waals surface area contributed by atoms with Gasteiger partial charge in [0.15, 0.2) is 0 Å². The Balaban J connectivity index is 2.10. The van der Waals surface area contributed by atoms with Crippen molar-refractivity contribution >= 4 is 17.7 Å².